The van der Waals surface area contributed by atoms with E-state index in [1.165, 1.54) is 19.3 Å². The van der Waals surface area contributed by atoms with E-state index in [-0.39, 0.29) is 5.91 Å². The fraction of sp³-hybridized carbons (Fsp3) is 0.619. The van der Waals surface area contributed by atoms with Gasteiger partial charge in [-0.2, -0.15) is 0 Å². The van der Waals surface area contributed by atoms with E-state index in [9.17, 15) is 9.90 Å². The number of fused-ring (bicyclic) bond motifs is 1. The summed E-state index contributed by atoms with van der Waals surface area (Å²) in [5, 5.41) is 11.1. The largest absolute Gasteiger partial charge is 0.379 e. The van der Waals surface area contributed by atoms with Gasteiger partial charge in [0.15, 0.2) is 5.60 Å². The van der Waals surface area contributed by atoms with E-state index in [2.05, 4.69) is 23.0 Å². The lowest BCUT2D eigenvalue weighted by molar-refractivity contribution is -0.160. The summed E-state index contributed by atoms with van der Waals surface area (Å²) in [6.45, 7) is 4.56. The number of likely N-dealkylation sites (tertiary alicyclic amines) is 1. The maximum Gasteiger partial charge on any atom is 0.255 e. The van der Waals surface area contributed by atoms with Crippen LogP contribution in [0.2, 0.25) is 0 Å². The van der Waals surface area contributed by atoms with Crippen LogP contribution >= 0.6 is 0 Å². The van der Waals surface area contributed by atoms with Crippen molar-refractivity contribution in [1.82, 2.24) is 19.8 Å². The Hall–Kier alpha value is -1.92. The van der Waals surface area contributed by atoms with Gasteiger partial charge in [-0.15, -0.1) is 0 Å². The number of nitrogens with one attached hydrogen (secondary N) is 1. The van der Waals surface area contributed by atoms with Gasteiger partial charge >= 0.3 is 0 Å². The monoisotopic (exact) mass is 370 g/mol. The zero-order valence-electron chi connectivity index (χ0n) is 16.4. The third kappa shape index (κ3) is 3.73. The topological polar surface area (TPSA) is 72.5 Å². The van der Waals surface area contributed by atoms with Gasteiger partial charge in [0.1, 0.15) is 5.82 Å². The molecule has 4 rings (SSSR count). The number of H-pyrrole nitrogens is 1. The summed E-state index contributed by atoms with van der Waals surface area (Å²) in [6, 6.07) is 6.09. The first kappa shape index (κ1) is 18.4. The van der Waals surface area contributed by atoms with Crippen LogP contribution in [-0.2, 0) is 11.3 Å². The second-order valence-corrected chi connectivity index (χ2v) is 8.51. The molecule has 0 spiro atoms. The number of carbonyl (C=O) groups is 1. The molecule has 1 saturated heterocycles. The van der Waals surface area contributed by atoms with Crippen LogP contribution in [-0.4, -0.2) is 63.1 Å². The molecular formula is C21H30N4O2. The number of piperidine rings is 1. The lowest BCUT2D eigenvalue weighted by Gasteiger charge is -2.42. The number of aliphatic hydroxyl groups is 1. The standard InChI is InChI=1S/C21H30N4O2/c1-15-6-3-9-17-19(15)23-18(22-17)13-24(2)14-21(27)10-5-11-25(20(21)26)12-16-7-4-8-16/h3,6,9,16,27H,4-5,7-8,10-14H2,1-2H3,(H,22,23)/t21-/m0/s1. The van der Waals surface area contributed by atoms with Gasteiger partial charge in [0.25, 0.3) is 5.91 Å². The normalized spacial score (nSPS) is 24.0. The second-order valence-electron chi connectivity index (χ2n) is 8.51. The summed E-state index contributed by atoms with van der Waals surface area (Å²) < 4.78 is 0. The molecule has 1 aliphatic carbocycles. The van der Waals surface area contributed by atoms with Crippen LogP contribution in [0, 0.1) is 12.8 Å². The predicted octanol–water partition coefficient (Wildman–Crippen LogP) is 2.46. The van der Waals surface area contributed by atoms with Gasteiger partial charge < -0.3 is 15.0 Å². The van der Waals surface area contributed by atoms with Gasteiger partial charge in [-0.3, -0.25) is 9.69 Å². The van der Waals surface area contributed by atoms with E-state index in [0.29, 0.717) is 25.4 Å². The molecule has 0 unspecified atom stereocenters. The Bertz CT molecular complexity index is 829. The van der Waals surface area contributed by atoms with Crippen molar-refractivity contribution in [2.75, 3.05) is 26.7 Å². The van der Waals surface area contributed by atoms with Gasteiger partial charge in [0.05, 0.1) is 17.6 Å². The number of amides is 1. The second kappa shape index (κ2) is 7.24. The molecule has 27 heavy (non-hydrogen) atoms. The summed E-state index contributed by atoms with van der Waals surface area (Å²) in [7, 11) is 1.94. The minimum absolute atomic E-state index is 0.0899. The Morgan fingerprint density at radius 2 is 2.19 bits per heavy atom. The number of hydrogen-bond acceptors (Lipinski definition) is 4. The van der Waals surface area contributed by atoms with Crippen molar-refractivity contribution in [3.63, 3.8) is 0 Å². The number of hydrogen-bond donors (Lipinski definition) is 2. The van der Waals surface area contributed by atoms with Crippen molar-refractivity contribution in [3.8, 4) is 0 Å². The highest BCUT2D eigenvalue weighted by Crippen LogP contribution is 2.31. The van der Waals surface area contributed by atoms with E-state index in [1.54, 1.807) is 0 Å². The summed E-state index contributed by atoms with van der Waals surface area (Å²) in [5.74, 6) is 1.40. The number of aromatic nitrogens is 2. The lowest BCUT2D eigenvalue weighted by Crippen LogP contribution is -2.59. The average molecular weight is 370 g/mol. The third-order valence-corrected chi connectivity index (χ3v) is 6.12. The molecule has 2 aromatic rings. The molecule has 6 heteroatoms. The average Bonchev–Trinajstić information content (AvgIpc) is 2.98. The summed E-state index contributed by atoms with van der Waals surface area (Å²) in [4.78, 5) is 24.8. The van der Waals surface area contributed by atoms with E-state index in [4.69, 9.17) is 0 Å². The fourth-order valence-electron chi connectivity index (χ4n) is 4.43. The zero-order valence-corrected chi connectivity index (χ0v) is 16.4. The first-order chi connectivity index (χ1) is 12.9. The molecule has 1 aromatic carbocycles. The highest BCUT2D eigenvalue weighted by molar-refractivity contribution is 5.86. The van der Waals surface area contributed by atoms with Crippen molar-refractivity contribution in [2.24, 2.45) is 5.92 Å². The fourth-order valence-corrected chi connectivity index (χ4v) is 4.43. The van der Waals surface area contributed by atoms with Crippen LogP contribution in [0.15, 0.2) is 18.2 Å². The van der Waals surface area contributed by atoms with E-state index < -0.39 is 5.60 Å². The van der Waals surface area contributed by atoms with E-state index >= 15 is 0 Å². The first-order valence-electron chi connectivity index (χ1n) is 10.1. The molecule has 1 amide bonds. The number of imidazole rings is 1. The summed E-state index contributed by atoms with van der Waals surface area (Å²) >= 11 is 0. The van der Waals surface area contributed by atoms with Crippen molar-refractivity contribution in [1.29, 1.82) is 0 Å². The highest BCUT2D eigenvalue weighted by atomic mass is 16.3. The zero-order chi connectivity index (χ0) is 19.0. The molecule has 2 N–H and O–H groups in total. The van der Waals surface area contributed by atoms with Crippen molar-refractivity contribution >= 4 is 16.9 Å². The van der Waals surface area contributed by atoms with Crippen LogP contribution in [0.1, 0.15) is 43.5 Å². The molecule has 2 heterocycles. The Morgan fingerprint density at radius 1 is 1.37 bits per heavy atom. The number of likely N-dealkylation sites (N-methyl/N-ethyl adjacent to an activating group) is 1. The molecule has 1 aliphatic heterocycles. The van der Waals surface area contributed by atoms with Gasteiger partial charge in [0, 0.05) is 19.6 Å². The smallest absolute Gasteiger partial charge is 0.255 e. The molecule has 0 bridgehead atoms. The number of para-hydroxylation sites is 1. The maximum atomic E-state index is 12.9. The van der Waals surface area contributed by atoms with Gasteiger partial charge in [0.2, 0.25) is 0 Å². The number of aromatic amines is 1. The van der Waals surface area contributed by atoms with Crippen LogP contribution in [0.3, 0.4) is 0 Å². The number of carbonyl (C=O) groups excluding carboxylic acids is 1. The minimum atomic E-state index is -1.28. The Balaban J connectivity index is 1.41. The van der Waals surface area contributed by atoms with Crippen LogP contribution < -0.4 is 0 Å². The molecule has 2 fully saturated rings. The van der Waals surface area contributed by atoms with E-state index in [0.717, 1.165) is 41.9 Å². The minimum Gasteiger partial charge on any atom is -0.379 e. The first-order valence-corrected chi connectivity index (χ1v) is 10.1. The molecule has 1 aromatic heterocycles. The highest BCUT2D eigenvalue weighted by Gasteiger charge is 2.43. The lowest BCUT2D eigenvalue weighted by atomic mass is 9.83. The van der Waals surface area contributed by atoms with Gasteiger partial charge in [-0.05, 0) is 57.2 Å². The molecular weight excluding hydrogens is 340 g/mol. The van der Waals surface area contributed by atoms with Crippen molar-refractivity contribution in [3.05, 3.63) is 29.6 Å². The molecule has 1 atom stereocenters. The Morgan fingerprint density at radius 3 is 2.89 bits per heavy atom. The molecule has 1 saturated carbocycles. The van der Waals surface area contributed by atoms with Crippen molar-refractivity contribution < 1.29 is 9.90 Å². The Labute approximate surface area is 160 Å². The van der Waals surface area contributed by atoms with Crippen LogP contribution in [0.25, 0.3) is 11.0 Å². The maximum absolute atomic E-state index is 12.9. The number of benzene rings is 1. The van der Waals surface area contributed by atoms with Gasteiger partial charge in [-0.1, -0.05) is 18.6 Å². The number of rotatable bonds is 6. The molecule has 0 radical (unpaired) electrons. The quantitative estimate of drug-likeness (QED) is 0.819. The Kier molecular flexibility index (Phi) is 4.95. The summed E-state index contributed by atoms with van der Waals surface area (Å²) in [5.41, 5.74) is 1.88. The summed E-state index contributed by atoms with van der Waals surface area (Å²) in [6.07, 6.45) is 5.11. The third-order valence-electron chi connectivity index (χ3n) is 6.12. The van der Waals surface area contributed by atoms with Crippen LogP contribution in [0.4, 0.5) is 0 Å². The predicted molar refractivity (Wildman–Crippen MR) is 105 cm³/mol. The van der Waals surface area contributed by atoms with Crippen molar-refractivity contribution in [2.45, 2.75) is 51.2 Å². The van der Waals surface area contributed by atoms with Crippen LogP contribution in [0.5, 0.6) is 0 Å². The SMILES string of the molecule is Cc1cccc2[nH]c(CN(C)C[C@@]3(O)CCCN(CC4CCC4)C3=O)nc12. The molecule has 2 aliphatic rings. The molecule has 6 nitrogen and oxygen atoms in total. The number of aryl methyl sites for hydroxylation is 1. The van der Waals surface area contributed by atoms with E-state index in [1.807, 2.05) is 29.0 Å². The number of nitrogens with zero attached hydrogens (tertiary/aromatic N) is 3. The van der Waals surface area contributed by atoms with Gasteiger partial charge in [-0.25, -0.2) is 4.98 Å². The molecule has 146 valence electrons.